The van der Waals surface area contributed by atoms with E-state index in [4.69, 9.17) is 11.6 Å². The highest BCUT2D eigenvalue weighted by Crippen LogP contribution is 2.16. The summed E-state index contributed by atoms with van der Waals surface area (Å²) in [5, 5.41) is 2.90. The number of carbonyl (C=O) groups excluding carboxylic acids is 1. The summed E-state index contributed by atoms with van der Waals surface area (Å²) >= 11 is 5.68. The second-order valence-corrected chi connectivity index (χ2v) is 4.51. The fraction of sp³-hybridized carbons (Fsp3) is 0.900. The molecule has 0 saturated heterocycles. The standard InChI is InChI=1S/C10H20ClNO/c1-5-8(2)6-12-9(13)10(3,4)7-11/h8H,5-7H2,1-4H3,(H,12,13). The first-order valence-electron chi connectivity index (χ1n) is 4.78. The maximum Gasteiger partial charge on any atom is 0.226 e. The summed E-state index contributed by atoms with van der Waals surface area (Å²) in [5.41, 5.74) is -0.449. The normalized spacial score (nSPS) is 13.9. The van der Waals surface area contributed by atoms with E-state index in [1.807, 2.05) is 13.8 Å². The van der Waals surface area contributed by atoms with Gasteiger partial charge in [0.15, 0.2) is 0 Å². The lowest BCUT2D eigenvalue weighted by atomic mass is 9.95. The van der Waals surface area contributed by atoms with Crippen LogP contribution >= 0.6 is 11.6 Å². The molecule has 3 heteroatoms. The van der Waals surface area contributed by atoms with Crippen LogP contribution in [0.4, 0.5) is 0 Å². The van der Waals surface area contributed by atoms with Crippen LogP contribution in [0.25, 0.3) is 0 Å². The summed E-state index contributed by atoms with van der Waals surface area (Å²) in [5.74, 6) is 0.942. The molecule has 2 nitrogen and oxygen atoms in total. The molecule has 0 spiro atoms. The van der Waals surface area contributed by atoms with Gasteiger partial charge in [-0.1, -0.05) is 20.3 Å². The highest BCUT2D eigenvalue weighted by molar-refractivity contribution is 6.19. The lowest BCUT2D eigenvalue weighted by Gasteiger charge is -2.21. The summed E-state index contributed by atoms with van der Waals surface area (Å²) in [6.07, 6.45) is 1.08. The van der Waals surface area contributed by atoms with Gasteiger partial charge in [-0.15, -0.1) is 11.6 Å². The fourth-order valence-corrected chi connectivity index (χ4v) is 0.833. The Morgan fingerprint density at radius 2 is 2.08 bits per heavy atom. The zero-order chi connectivity index (χ0) is 10.5. The first-order chi connectivity index (χ1) is 5.94. The molecule has 1 unspecified atom stereocenters. The van der Waals surface area contributed by atoms with Gasteiger partial charge in [-0.25, -0.2) is 0 Å². The molecule has 0 radical (unpaired) electrons. The minimum absolute atomic E-state index is 0.0443. The van der Waals surface area contributed by atoms with Gasteiger partial charge >= 0.3 is 0 Å². The summed E-state index contributed by atoms with van der Waals surface area (Å²) < 4.78 is 0. The highest BCUT2D eigenvalue weighted by atomic mass is 35.5. The molecule has 0 heterocycles. The van der Waals surface area contributed by atoms with Crippen molar-refractivity contribution in [2.45, 2.75) is 34.1 Å². The van der Waals surface area contributed by atoms with E-state index < -0.39 is 5.41 Å². The molecule has 0 saturated carbocycles. The van der Waals surface area contributed by atoms with Crippen molar-refractivity contribution in [2.24, 2.45) is 11.3 Å². The number of hydrogen-bond acceptors (Lipinski definition) is 1. The van der Waals surface area contributed by atoms with Crippen molar-refractivity contribution in [1.29, 1.82) is 0 Å². The van der Waals surface area contributed by atoms with Crippen molar-refractivity contribution in [1.82, 2.24) is 5.32 Å². The molecular formula is C10H20ClNO. The van der Waals surface area contributed by atoms with Crippen LogP contribution in [0.2, 0.25) is 0 Å². The molecule has 0 aromatic rings. The molecule has 0 aromatic heterocycles. The fourth-order valence-electron chi connectivity index (χ4n) is 0.711. The maximum absolute atomic E-state index is 11.5. The van der Waals surface area contributed by atoms with Crippen molar-refractivity contribution in [3.05, 3.63) is 0 Å². The van der Waals surface area contributed by atoms with Crippen molar-refractivity contribution >= 4 is 17.5 Å². The molecule has 0 aromatic carbocycles. The Kier molecular flexibility index (Phi) is 5.38. The van der Waals surface area contributed by atoms with Crippen LogP contribution in [0.1, 0.15) is 34.1 Å². The molecule has 0 rings (SSSR count). The Morgan fingerprint density at radius 3 is 2.46 bits per heavy atom. The van der Waals surface area contributed by atoms with Crippen molar-refractivity contribution in [3.8, 4) is 0 Å². The Bertz CT molecular complexity index is 168. The monoisotopic (exact) mass is 205 g/mol. The molecule has 1 amide bonds. The van der Waals surface area contributed by atoms with Crippen LogP contribution in [0.15, 0.2) is 0 Å². The molecule has 0 bridgehead atoms. The number of rotatable bonds is 5. The van der Waals surface area contributed by atoms with Crippen molar-refractivity contribution in [2.75, 3.05) is 12.4 Å². The predicted octanol–water partition coefficient (Wildman–Crippen LogP) is 2.41. The molecule has 0 aliphatic carbocycles. The number of amides is 1. The third kappa shape index (κ3) is 4.51. The third-order valence-corrected chi connectivity index (χ3v) is 2.92. The minimum atomic E-state index is -0.449. The van der Waals surface area contributed by atoms with Gasteiger partial charge in [-0.3, -0.25) is 4.79 Å². The molecule has 0 fully saturated rings. The summed E-state index contributed by atoms with van der Waals surface area (Å²) in [6.45, 7) is 8.69. The first kappa shape index (κ1) is 12.8. The van der Waals surface area contributed by atoms with Gasteiger partial charge in [0, 0.05) is 12.4 Å². The van der Waals surface area contributed by atoms with Crippen LogP contribution < -0.4 is 5.32 Å². The van der Waals surface area contributed by atoms with Gasteiger partial charge in [0.2, 0.25) is 5.91 Å². The number of carbonyl (C=O) groups is 1. The van der Waals surface area contributed by atoms with Gasteiger partial charge in [-0.2, -0.15) is 0 Å². The van der Waals surface area contributed by atoms with Crippen molar-refractivity contribution < 1.29 is 4.79 Å². The SMILES string of the molecule is CCC(C)CNC(=O)C(C)(C)CCl. The zero-order valence-electron chi connectivity index (χ0n) is 8.98. The van der Waals surface area contributed by atoms with Gasteiger partial charge in [0.25, 0.3) is 0 Å². The molecule has 78 valence electrons. The zero-order valence-corrected chi connectivity index (χ0v) is 9.74. The Labute approximate surface area is 86.0 Å². The number of halogens is 1. The Balaban J connectivity index is 3.88. The minimum Gasteiger partial charge on any atom is -0.355 e. The predicted molar refractivity (Wildman–Crippen MR) is 57.0 cm³/mol. The average Bonchev–Trinajstić information content (AvgIpc) is 2.13. The summed E-state index contributed by atoms with van der Waals surface area (Å²) in [6, 6.07) is 0. The van der Waals surface area contributed by atoms with Crippen molar-refractivity contribution in [3.63, 3.8) is 0 Å². The van der Waals surface area contributed by atoms with Gasteiger partial charge in [-0.05, 0) is 19.8 Å². The number of nitrogens with one attached hydrogen (secondary N) is 1. The van der Waals surface area contributed by atoms with E-state index in [0.717, 1.165) is 13.0 Å². The number of alkyl halides is 1. The van der Waals surface area contributed by atoms with Crippen LogP contribution in [0.5, 0.6) is 0 Å². The second-order valence-electron chi connectivity index (χ2n) is 4.24. The van der Waals surface area contributed by atoms with Crippen LogP contribution in [0, 0.1) is 11.3 Å². The summed E-state index contributed by atoms with van der Waals surface area (Å²) in [4.78, 5) is 11.5. The van der Waals surface area contributed by atoms with E-state index in [9.17, 15) is 4.79 Å². The lowest BCUT2D eigenvalue weighted by molar-refractivity contribution is -0.128. The largest absolute Gasteiger partial charge is 0.355 e. The topological polar surface area (TPSA) is 29.1 Å². The lowest BCUT2D eigenvalue weighted by Crippen LogP contribution is -2.39. The van der Waals surface area contributed by atoms with Gasteiger partial charge < -0.3 is 5.32 Å². The molecule has 1 atom stereocenters. The Morgan fingerprint density at radius 1 is 1.54 bits per heavy atom. The third-order valence-electron chi connectivity index (χ3n) is 2.26. The molecular weight excluding hydrogens is 186 g/mol. The maximum atomic E-state index is 11.5. The first-order valence-corrected chi connectivity index (χ1v) is 5.31. The smallest absolute Gasteiger partial charge is 0.226 e. The molecule has 13 heavy (non-hydrogen) atoms. The van der Waals surface area contributed by atoms with Gasteiger partial charge in [0.05, 0.1) is 5.41 Å². The van der Waals surface area contributed by atoms with E-state index in [0.29, 0.717) is 11.8 Å². The summed E-state index contributed by atoms with van der Waals surface area (Å²) in [7, 11) is 0. The van der Waals surface area contributed by atoms with Crippen LogP contribution in [0.3, 0.4) is 0 Å². The van der Waals surface area contributed by atoms with Gasteiger partial charge in [0.1, 0.15) is 0 Å². The average molecular weight is 206 g/mol. The second kappa shape index (κ2) is 5.48. The number of hydrogen-bond donors (Lipinski definition) is 1. The molecule has 0 aliphatic rings. The van der Waals surface area contributed by atoms with E-state index in [-0.39, 0.29) is 5.91 Å². The quantitative estimate of drug-likeness (QED) is 0.687. The highest BCUT2D eigenvalue weighted by Gasteiger charge is 2.26. The van der Waals surface area contributed by atoms with E-state index >= 15 is 0 Å². The van der Waals surface area contributed by atoms with E-state index in [1.165, 1.54) is 0 Å². The van der Waals surface area contributed by atoms with Crippen LogP contribution in [-0.2, 0) is 4.79 Å². The Hall–Kier alpha value is -0.240. The molecule has 0 aliphatic heterocycles. The van der Waals surface area contributed by atoms with E-state index in [1.54, 1.807) is 0 Å². The molecule has 1 N–H and O–H groups in total. The van der Waals surface area contributed by atoms with E-state index in [2.05, 4.69) is 19.2 Å². The van der Waals surface area contributed by atoms with Crippen LogP contribution in [-0.4, -0.2) is 18.3 Å².